The lowest BCUT2D eigenvalue weighted by Crippen LogP contribution is -2.24. The number of amides is 1. The minimum absolute atomic E-state index is 0.0204. The van der Waals surface area contributed by atoms with E-state index in [4.69, 9.17) is 14.5 Å². The van der Waals surface area contributed by atoms with Crippen LogP contribution in [-0.2, 0) is 11.3 Å². The zero-order valence-corrected chi connectivity index (χ0v) is 19.7. The number of aryl methyl sites for hydroxylation is 1. The molecule has 1 amide bonds. The fourth-order valence-electron chi connectivity index (χ4n) is 4.64. The zero-order chi connectivity index (χ0) is 24.2. The molecule has 0 spiro atoms. The van der Waals surface area contributed by atoms with Crippen LogP contribution in [0.5, 0.6) is 11.5 Å². The molecule has 4 aromatic rings. The molecule has 0 bridgehead atoms. The first-order valence-electron chi connectivity index (χ1n) is 11.9. The predicted molar refractivity (Wildman–Crippen MR) is 134 cm³/mol. The maximum Gasteiger partial charge on any atom is 0.227 e. The van der Waals surface area contributed by atoms with Crippen LogP contribution in [0.1, 0.15) is 31.0 Å². The lowest BCUT2D eigenvalue weighted by molar-refractivity contribution is -0.117. The summed E-state index contributed by atoms with van der Waals surface area (Å²) in [7, 11) is 1.64. The van der Waals surface area contributed by atoms with Gasteiger partial charge in [0.25, 0.3) is 0 Å². The van der Waals surface area contributed by atoms with Crippen LogP contribution in [0.25, 0.3) is 11.0 Å². The van der Waals surface area contributed by atoms with Gasteiger partial charge in [-0.1, -0.05) is 18.2 Å². The average molecular weight is 474 g/mol. The molecule has 6 nitrogen and oxygen atoms in total. The zero-order valence-electron chi connectivity index (χ0n) is 19.7. The van der Waals surface area contributed by atoms with Gasteiger partial charge in [0.15, 0.2) is 0 Å². The van der Waals surface area contributed by atoms with Crippen molar-refractivity contribution in [2.45, 2.75) is 31.7 Å². The molecular weight excluding hydrogens is 445 g/mol. The van der Waals surface area contributed by atoms with E-state index in [0.29, 0.717) is 19.6 Å². The van der Waals surface area contributed by atoms with Gasteiger partial charge >= 0.3 is 0 Å². The van der Waals surface area contributed by atoms with Crippen molar-refractivity contribution < 1.29 is 18.7 Å². The fraction of sp³-hybridized carbons (Fsp3) is 0.286. The molecule has 1 atom stereocenters. The monoisotopic (exact) mass is 473 g/mol. The normalized spacial score (nSPS) is 15.7. The molecular formula is C28H28FN3O3. The highest BCUT2D eigenvalue weighted by Gasteiger charge is 2.34. The van der Waals surface area contributed by atoms with Crippen molar-refractivity contribution in [2.75, 3.05) is 25.2 Å². The van der Waals surface area contributed by atoms with E-state index in [0.717, 1.165) is 53.4 Å². The van der Waals surface area contributed by atoms with Gasteiger partial charge in [0.1, 0.15) is 23.1 Å². The van der Waals surface area contributed by atoms with Gasteiger partial charge < -0.3 is 18.9 Å². The SMILES string of the molecule is COc1cccc(OCCCCn2c(C3CC(=O)N(c4ccc(F)cc4)C3)nc3ccccc32)c1. The van der Waals surface area contributed by atoms with Gasteiger partial charge in [-0.3, -0.25) is 4.79 Å². The molecule has 2 heterocycles. The largest absolute Gasteiger partial charge is 0.497 e. The van der Waals surface area contributed by atoms with E-state index in [1.54, 1.807) is 24.1 Å². The number of aromatic nitrogens is 2. The number of rotatable bonds is 9. The first kappa shape index (κ1) is 22.9. The number of para-hydroxylation sites is 2. The van der Waals surface area contributed by atoms with Crippen LogP contribution >= 0.6 is 0 Å². The summed E-state index contributed by atoms with van der Waals surface area (Å²) >= 11 is 0. The Morgan fingerprint density at radius 2 is 1.80 bits per heavy atom. The highest BCUT2D eigenvalue weighted by molar-refractivity contribution is 5.96. The van der Waals surface area contributed by atoms with Crippen LogP contribution in [0, 0.1) is 5.82 Å². The second kappa shape index (κ2) is 10.2. The summed E-state index contributed by atoms with van der Waals surface area (Å²) in [5, 5.41) is 0. The number of carbonyl (C=O) groups is 1. The number of methoxy groups -OCH3 is 1. The second-order valence-corrected chi connectivity index (χ2v) is 8.73. The van der Waals surface area contributed by atoms with Gasteiger partial charge in [-0.05, 0) is 61.4 Å². The molecule has 1 aromatic heterocycles. The Morgan fingerprint density at radius 1 is 1.00 bits per heavy atom. The summed E-state index contributed by atoms with van der Waals surface area (Å²) in [6, 6.07) is 21.8. The van der Waals surface area contributed by atoms with Gasteiger partial charge in [0, 0.05) is 37.2 Å². The first-order chi connectivity index (χ1) is 17.1. The van der Waals surface area contributed by atoms with Crippen LogP contribution in [-0.4, -0.2) is 35.7 Å². The third kappa shape index (κ3) is 4.99. The first-order valence-corrected chi connectivity index (χ1v) is 11.9. The number of nitrogens with zero attached hydrogens (tertiary/aromatic N) is 3. The van der Waals surface area contributed by atoms with Crippen LogP contribution < -0.4 is 14.4 Å². The Balaban J connectivity index is 1.28. The highest BCUT2D eigenvalue weighted by atomic mass is 19.1. The molecule has 0 saturated carbocycles. The van der Waals surface area contributed by atoms with E-state index in [1.807, 2.05) is 42.5 Å². The number of benzene rings is 3. The predicted octanol–water partition coefficient (Wildman–Crippen LogP) is 5.56. The number of hydrogen-bond donors (Lipinski definition) is 0. The molecule has 1 unspecified atom stereocenters. The Bertz CT molecular complexity index is 1320. The molecule has 1 aliphatic rings. The summed E-state index contributed by atoms with van der Waals surface area (Å²) in [4.78, 5) is 19.5. The van der Waals surface area contributed by atoms with Crippen molar-refractivity contribution in [3.05, 3.63) is 84.4 Å². The molecule has 1 aliphatic heterocycles. The van der Waals surface area contributed by atoms with Crippen molar-refractivity contribution in [1.82, 2.24) is 9.55 Å². The fourth-order valence-corrected chi connectivity index (χ4v) is 4.64. The Hall–Kier alpha value is -3.87. The van der Waals surface area contributed by atoms with Crippen LogP contribution in [0.3, 0.4) is 0 Å². The van der Waals surface area contributed by atoms with E-state index < -0.39 is 0 Å². The smallest absolute Gasteiger partial charge is 0.227 e. The topological polar surface area (TPSA) is 56.6 Å². The van der Waals surface area contributed by atoms with E-state index in [1.165, 1.54) is 12.1 Å². The number of imidazole rings is 1. The maximum absolute atomic E-state index is 13.4. The summed E-state index contributed by atoms with van der Waals surface area (Å²) in [5.41, 5.74) is 2.72. The third-order valence-corrected chi connectivity index (χ3v) is 6.40. The molecule has 3 aromatic carbocycles. The lowest BCUT2D eigenvalue weighted by atomic mass is 10.1. The summed E-state index contributed by atoms with van der Waals surface area (Å²) < 4.78 is 26.7. The number of unbranched alkanes of at least 4 members (excludes halogenated alkanes) is 1. The van der Waals surface area contributed by atoms with Crippen molar-refractivity contribution in [3.63, 3.8) is 0 Å². The Morgan fingerprint density at radius 3 is 2.63 bits per heavy atom. The molecule has 180 valence electrons. The minimum atomic E-state index is -0.311. The number of halogens is 1. The van der Waals surface area contributed by atoms with Gasteiger partial charge in [0.05, 0.1) is 24.8 Å². The van der Waals surface area contributed by atoms with Crippen molar-refractivity contribution in [2.24, 2.45) is 0 Å². The van der Waals surface area contributed by atoms with Gasteiger partial charge in [-0.2, -0.15) is 0 Å². The average Bonchev–Trinajstić information content (AvgIpc) is 3.45. The number of ether oxygens (including phenoxy) is 2. The summed E-state index contributed by atoms with van der Waals surface area (Å²) in [5.74, 6) is 2.20. The van der Waals surface area contributed by atoms with E-state index in [2.05, 4.69) is 10.6 Å². The highest BCUT2D eigenvalue weighted by Crippen LogP contribution is 2.33. The van der Waals surface area contributed by atoms with E-state index >= 15 is 0 Å². The van der Waals surface area contributed by atoms with Crippen molar-refractivity contribution >= 4 is 22.6 Å². The van der Waals surface area contributed by atoms with Gasteiger partial charge in [-0.15, -0.1) is 0 Å². The molecule has 0 radical (unpaired) electrons. The number of anilines is 1. The number of hydrogen-bond acceptors (Lipinski definition) is 4. The van der Waals surface area contributed by atoms with Gasteiger partial charge in [-0.25, -0.2) is 9.37 Å². The lowest BCUT2D eigenvalue weighted by Gasteiger charge is -2.17. The van der Waals surface area contributed by atoms with E-state index in [-0.39, 0.29) is 17.6 Å². The van der Waals surface area contributed by atoms with Crippen molar-refractivity contribution in [1.29, 1.82) is 0 Å². The maximum atomic E-state index is 13.4. The molecule has 35 heavy (non-hydrogen) atoms. The standard InChI is InChI=1S/C28H28FN3O3/c1-34-23-7-6-8-24(18-23)35-16-5-4-15-31-26-10-3-2-9-25(26)30-28(31)20-17-27(33)32(19-20)22-13-11-21(29)12-14-22/h2-3,6-14,18,20H,4-5,15-17,19H2,1H3. The molecule has 1 fully saturated rings. The van der Waals surface area contributed by atoms with Crippen molar-refractivity contribution in [3.8, 4) is 11.5 Å². The Labute approximate surface area is 203 Å². The second-order valence-electron chi connectivity index (χ2n) is 8.73. The van der Waals surface area contributed by atoms with E-state index in [9.17, 15) is 9.18 Å². The quantitative estimate of drug-likeness (QED) is 0.299. The van der Waals surface area contributed by atoms with Crippen LogP contribution in [0.2, 0.25) is 0 Å². The number of fused-ring (bicyclic) bond motifs is 1. The molecule has 0 aliphatic carbocycles. The van der Waals surface area contributed by atoms with Crippen LogP contribution in [0.4, 0.5) is 10.1 Å². The Kier molecular flexibility index (Phi) is 6.66. The summed E-state index contributed by atoms with van der Waals surface area (Å²) in [6.45, 7) is 1.93. The molecule has 5 rings (SSSR count). The summed E-state index contributed by atoms with van der Waals surface area (Å²) in [6.07, 6.45) is 2.19. The van der Waals surface area contributed by atoms with Crippen LogP contribution in [0.15, 0.2) is 72.8 Å². The molecule has 1 saturated heterocycles. The molecule has 0 N–H and O–H groups in total. The van der Waals surface area contributed by atoms with Gasteiger partial charge in [0.2, 0.25) is 5.91 Å². The third-order valence-electron chi connectivity index (χ3n) is 6.40. The minimum Gasteiger partial charge on any atom is -0.497 e. The molecule has 7 heteroatoms. The number of carbonyl (C=O) groups excluding carboxylic acids is 1.